The summed E-state index contributed by atoms with van der Waals surface area (Å²) in [7, 11) is 0. The van der Waals surface area contributed by atoms with Crippen LogP contribution in [0.15, 0.2) is 24.3 Å². The minimum absolute atomic E-state index is 0.0649. The molecule has 0 bridgehead atoms. The number of rotatable bonds is 2. The average Bonchev–Trinajstić information content (AvgIpc) is 2.16. The summed E-state index contributed by atoms with van der Waals surface area (Å²) in [6.45, 7) is 7.42. The van der Waals surface area contributed by atoms with E-state index in [0.29, 0.717) is 5.56 Å². The number of carboxylic acid groups (broad SMARTS) is 1. The molecular weight excluding hydrogens is 204 g/mol. The molecule has 88 valence electrons. The topological polar surface area (TPSA) is 57.5 Å². The number of aliphatic carboxylic acids is 1. The third-order valence-corrected chi connectivity index (χ3v) is 2.71. The summed E-state index contributed by atoms with van der Waals surface area (Å²) in [5, 5.41) is 18.8. The third-order valence-electron chi connectivity index (χ3n) is 2.71. The average molecular weight is 222 g/mol. The zero-order chi connectivity index (χ0) is 12.6. The van der Waals surface area contributed by atoms with E-state index in [0.717, 1.165) is 5.56 Å². The van der Waals surface area contributed by atoms with E-state index in [2.05, 4.69) is 0 Å². The molecular formula is C13H18O3. The fourth-order valence-electron chi connectivity index (χ4n) is 1.41. The predicted molar refractivity (Wildman–Crippen MR) is 62.3 cm³/mol. The molecule has 1 atom stereocenters. The fourth-order valence-corrected chi connectivity index (χ4v) is 1.41. The van der Waals surface area contributed by atoms with E-state index in [1.54, 1.807) is 18.2 Å². The zero-order valence-electron chi connectivity index (χ0n) is 10.1. The van der Waals surface area contributed by atoms with Crippen LogP contribution in [0.3, 0.4) is 0 Å². The van der Waals surface area contributed by atoms with Gasteiger partial charge in [-0.05, 0) is 23.5 Å². The van der Waals surface area contributed by atoms with Gasteiger partial charge in [-0.15, -0.1) is 0 Å². The molecule has 1 rings (SSSR count). The highest BCUT2D eigenvalue weighted by Gasteiger charge is 2.32. The van der Waals surface area contributed by atoms with Crippen molar-refractivity contribution in [2.75, 3.05) is 0 Å². The lowest BCUT2D eigenvalue weighted by Crippen LogP contribution is -2.32. The maximum Gasteiger partial charge on any atom is 0.340 e. The van der Waals surface area contributed by atoms with Gasteiger partial charge in [0.1, 0.15) is 0 Å². The lowest BCUT2D eigenvalue weighted by molar-refractivity contribution is -0.157. The number of hydrogen-bond donors (Lipinski definition) is 2. The molecule has 0 aliphatic carbocycles. The first-order chi connectivity index (χ1) is 7.15. The van der Waals surface area contributed by atoms with Gasteiger partial charge in [0.15, 0.2) is 5.60 Å². The predicted octanol–water partition coefficient (Wildman–Crippen LogP) is 2.28. The van der Waals surface area contributed by atoms with Gasteiger partial charge >= 0.3 is 5.97 Å². The second-order valence-corrected chi connectivity index (χ2v) is 5.21. The molecule has 0 heterocycles. The van der Waals surface area contributed by atoms with Gasteiger partial charge in [-0.25, -0.2) is 4.79 Å². The molecule has 1 unspecified atom stereocenters. The molecule has 0 amide bonds. The lowest BCUT2D eigenvalue weighted by atomic mass is 9.84. The Morgan fingerprint density at radius 3 is 2.06 bits per heavy atom. The molecule has 0 radical (unpaired) electrons. The quantitative estimate of drug-likeness (QED) is 0.807. The van der Waals surface area contributed by atoms with Gasteiger partial charge in [-0.1, -0.05) is 45.0 Å². The van der Waals surface area contributed by atoms with Gasteiger partial charge in [-0.2, -0.15) is 0 Å². The van der Waals surface area contributed by atoms with Crippen LogP contribution in [0.4, 0.5) is 0 Å². The summed E-state index contributed by atoms with van der Waals surface area (Å²) in [6, 6.07) is 7.08. The monoisotopic (exact) mass is 222 g/mol. The molecule has 0 spiro atoms. The Morgan fingerprint density at radius 2 is 1.62 bits per heavy atom. The first-order valence-corrected chi connectivity index (χ1v) is 5.22. The van der Waals surface area contributed by atoms with Crippen LogP contribution < -0.4 is 0 Å². The summed E-state index contributed by atoms with van der Waals surface area (Å²) in [5.41, 5.74) is -0.481. The summed E-state index contributed by atoms with van der Waals surface area (Å²) in [6.07, 6.45) is 0. The van der Waals surface area contributed by atoms with Gasteiger partial charge in [0, 0.05) is 0 Å². The van der Waals surface area contributed by atoms with Crippen molar-refractivity contribution in [3.63, 3.8) is 0 Å². The molecule has 1 aromatic carbocycles. The minimum atomic E-state index is -1.83. The zero-order valence-corrected chi connectivity index (χ0v) is 10.1. The summed E-state index contributed by atoms with van der Waals surface area (Å²) >= 11 is 0. The SMILES string of the molecule is CC(C)(C)c1cccc(C(C)(O)C(=O)O)c1. The van der Waals surface area contributed by atoms with Crippen LogP contribution in [0.5, 0.6) is 0 Å². The van der Waals surface area contributed by atoms with Crippen molar-refractivity contribution in [3.8, 4) is 0 Å². The Hall–Kier alpha value is -1.35. The lowest BCUT2D eigenvalue weighted by Gasteiger charge is -2.23. The van der Waals surface area contributed by atoms with E-state index < -0.39 is 11.6 Å². The van der Waals surface area contributed by atoms with Gasteiger partial charge in [0.05, 0.1) is 0 Å². The Balaban J connectivity index is 3.23. The third kappa shape index (κ3) is 2.42. The maximum atomic E-state index is 10.9. The molecule has 0 aliphatic rings. The van der Waals surface area contributed by atoms with Crippen molar-refractivity contribution in [2.24, 2.45) is 0 Å². The Kier molecular flexibility index (Phi) is 3.10. The van der Waals surface area contributed by atoms with E-state index in [-0.39, 0.29) is 5.41 Å². The highest BCUT2D eigenvalue weighted by Crippen LogP contribution is 2.27. The van der Waals surface area contributed by atoms with E-state index in [1.165, 1.54) is 6.92 Å². The second kappa shape index (κ2) is 3.91. The molecule has 0 aliphatic heterocycles. The van der Waals surface area contributed by atoms with Crippen molar-refractivity contribution in [1.82, 2.24) is 0 Å². The normalized spacial score (nSPS) is 15.6. The van der Waals surface area contributed by atoms with Crippen LogP contribution in [-0.2, 0) is 15.8 Å². The van der Waals surface area contributed by atoms with E-state index in [4.69, 9.17) is 5.11 Å². The Labute approximate surface area is 95.7 Å². The van der Waals surface area contributed by atoms with Crippen LogP contribution in [0.1, 0.15) is 38.8 Å². The van der Waals surface area contributed by atoms with E-state index in [1.807, 2.05) is 26.8 Å². The van der Waals surface area contributed by atoms with Crippen LogP contribution in [0.25, 0.3) is 0 Å². The van der Waals surface area contributed by atoms with Gasteiger partial charge in [0.25, 0.3) is 0 Å². The number of hydrogen-bond acceptors (Lipinski definition) is 2. The molecule has 0 saturated heterocycles. The fraction of sp³-hybridized carbons (Fsp3) is 0.462. The van der Waals surface area contributed by atoms with Crippen molar-refractivity contribution < 1.29 is 15.0 Å². The van der Waals surface area contributed by atoms with E-state index in [9.17, 15) is 9.90 Å². The highest BCUT2D eigenvalue weighted by molar-refractivity contribution is 5.78. The number of carbonyl (C=O) groups is 1. The van der Waals surface area contributed by atoms with Gasteiger partial charge in [-0.3, -0.25) is 0 Å². The van der Waals surface area contributed by atoms with Crippen molar-refractivity contribution in [2.45, 2.75) is 38.7 Å². The molecule has 0 fully saturated rings. The molecule has 0 aromatic heterocycles. The van der Waals surface area contributed by atoms with Crippen LogP contribution in [-0.4, -0.2) is 16.2 Å². The first-order valence-electron chi connectivity index (χ1n) is 5.22. The van der Waals surface area contributed by atoms with Crippen LogP contribution in [0, 0.1) is 0 Å². The summed E-state index contributed by atoms with van der Waals surface area (Å²) in [5.74, 6) is -1.24. The molecule has 1 aromatic rings. The van der Waals surface area contributed by atoms with E-state index >= 15 is 0 Å². The molecule has 2 N–H and O–H groups in total. The largest absolute Gasteiger partial charge is 0.479 e. The highest BCUT2D eigenvalue weighted by atomic mass is 16.4. The van der Waals surface area contributed by atoms with Crippen molar-refractivity contribution in [1.29, 1.82) is 0 Å². The first kappa shape index (κ1) is 12.7. The standard InChI is InChI=1S/C13H18O3/c1-12(2,3)9-6-5-7-10(8-9)13(4,16)11(14)15/h5-8,16H,1-4H3,(H,14,15). The molecule has 0 saturated carbocycles. The summed E-state index contributed by atoms with van der Waals surface area (Å²) < 4.78 is 0. The van der Waals surface area contributed by atoms with Crippen molar-refractivity contribution >= 4 is 5.97 Å². The molecule has 16 heavy (non-hydrogen) atoms. The number of carboxylic acids is 1. The summed E-state index contributed by atoms with van der Waals surface area (Å²) in [4.78, 5) is 10.9. The number of benzene rings is 1. The van der Waals surface area contributed by atoms with Crippen LogP contribution in [0.2, 0.25) is 0 Å². The number of aliphatic hydroxyl groups is 1. The van der Waals surface area contributed by atoms with Gasteiger partial charge < -0.3 is 10.2 Å². The maximum absolute atomic E-state index is 10.9. The Bertz CT molecular complexity index is 400. The molecule has 3 heteroatoms. The van der Waals surface area contributed by atoms with Gasteiger partial charge in [0.2, 0.25) is 0 Å². The van der Waals surface area contributed by atoms with Crippen molar-refractivity contribution in [3.05, 3.63) is 35.4 Å². The molecule has 3 nitrogen and oxygen atoms in total. The minimum Gasteiger partial charge on any atom is -0.479 e. The second-order valence-electron chi connectivity index (χ2n) is 5.21. The van der Waals surface area contributed by atoms with Crippen LogP contribution >= 0.6 is 0 Å². The smallest absolute Gasteiger partial charge is 0.340 e. The Morgan fingerprint density at radius 1 is 1.12 bits per heavy atom.